The number of halogens is 2. The molecule has 1 aromatic carbocycles. The summed E-state index contributed by atoms with van der Waals surface area (Å²) in [5.41, 5.74) is 1.24. The van der Waals surface area contributed by atoms with Gasteiger partial charge in [-0.3, -0.25) is 0 Å². The summed E-state index contributed by atoms with van der Waals surface area (Å²) in [7, 11) is 0. The van der Waals surface area contributed by atoms with Crippen LogP contribution in [0.15, 0.2) is 18.2 Å². The van der Waals surface area contributed by atoms with E-state index in [1.165, 1.54) is 5.69 Å². The maximum absolute atomic E-state index is 5.97. The monoisotopic (exact) mass is 323 g/mol. The number of hydrogen-bond donors (Lipinski definition) is 0. The molecule has 1 aromatic rings. The Morgan fingerprint density at radius 2 is 2.00 bits per heavy atom. The number of anilines is 1. The van der Waals surface area contributed by atoms with Gasteiger partial charge in [-0.25, -0.2) is 0 Å². The molecule has 2 nitrogen and oxygen atoms in total. The van der Waals surface area contributed by atoms with Crippen molar-refractivity contribution in [2.24, 2.45) is 0 Å². The molecule has 0 aromatic heterocycles. The summed E-state index contributed by atoms with van der Waals surface area (Å²) in [5, 5.41) is 0.822. The maximum Gasteiger partial charge on any atom is 0.0642 e. The molecule has 76 valence electrons. The fourth-order valence-electron chi connectivity index (χ4n) is 1.50. The molecule has 0 amide bonds. The molecule has 1 aliphatic rings. The second kappa shape index (κ2) is 4.68. The number of benzene rings is 1. The largest absolute Gasteiger partial charge is 0.378 e. The molecular formula is C10H11ClINO. The molecule has 0 saturated carbocycles. The van der Waals surface area contributed by atoms with E-state index in [-0.39, 0.29) is 0 Å². The third-order valence-corrected chi connectivity index (χ3v) is 3.82. The molecule has 1 heterocycles. The van der Waals surface area contributed by atoms with Gasteiger partial charge in [0.25, 0.3) is 0 Å². The molecule has 0 unspecified atom stereocenters. The summed E-state index contributed by atoms with van der Waals surface area (Å²) < 4.78 is 6.41. The van der Waals surface area contributed by atoms with Crippen LogP contribution in [0.5, 0.6) is 0 Å². The summed E-state index contributed by atoms with van der Waals surface area (Å²) in [6.45, 7) is 3.58. The van der Waals surface area contributed by atoms with Crippen LogP contribution in [-0.4, -0.2) is 26.3 Å². The minimum Gasteiger partial charge on any atom is -0.378 e. The van der Waals surface area contributed by atoms with E-state index < -0.39 is 0 Å². The molecule has 0 atom stereocenters. The maximum atomic E-state index is 5.97. The molecular weight excluding hydrogens is 312 g/mol. The van der Waals surface area contributed by atoms with Gasteiger partial charge in [0.2, 0.25) is 0 Å². The third-order valence-electron chi connectivity index (χ3n) is 2.28. The summed E-state index contributed by atoms with van der Waals surface area (Å²) in [6, 6.07) is 6.14. The fourth-order valence-corrected chi connectivity index (χ4v) is 2.12. The minimum absolute atomic E-state index is 0.819. The van der Waals surface area contributed by atoms with Gasteiger partial charge in [-0.15, -0.1) is 0 Å². The van der Waals surface area contributed by atoms with Gasteiger partial charge in [0.05, 0.1) is 18.2 Å². The van der Waals surface area contributed by atoms with E-state index >= 15 is 0 Å². The first-order valence-corrected chi connectivity index (χ1v) is 6.01. The minimum atomic E-state index is 0.819. The zero-order valence-corrected chi connectivity index (χ0v) is 10.6. The summed E-state index contributed by atoms with van der Waals surface area (Å²) >= 11 is 8.23. The Balaban J connectivity index is 2.18. The average Bonchev–Trinajstić information content (AvgIpc) is 2.23. The Kier molecular flexibility index (Phi) is 3.52. The van der Waals surface area contributed by atoms with Gasteiger partial charge in [-0.05, 0) is 40.8 Å². The van der Waals surface area contributed by atoms with Crippen molar-refractivity contribution in [2.75, 3.05) is 31.2 Å². The topological polar surface area (TPSA) is 12.5 Å². The summed E-state index contributed by atoms with van der Waals surface area (Å²) in [5.74, 6) is 0. The quantitative estimate of drug-likeness (QED) is 0.737. The zero-order chi connectivity index (χ0) is 9.97. The first kappa shape index (κ1) is 10.5. The predicted octanol–water partition coefficient (Wildman–Crippen LogP) is 2.78. The molecule has 14 heavy (non-hydrogen) atoms. The van der Waals surface area contributed by atoms with Crippen molar-refractivity contribution in [1.82, 2.24) is 0 Å². The Morgan fingerprint density at radius 1 is 1.29 bits per heavy atom. The van der Waals surface area contributed by atoms with E-state index in [0.717, 1.165) is 34.9 Å². The number of nitrogens with zero attached hydrogens (tertiary/aromatic N) is 1. The van der Waals surface area contributed by atoms with Crippen molar-refractivity contribution < 1.29 is 4.74 Å². The zero-order valence-electron chi connectivity index (χ0n) is 7.67. The molecule has 2 rings (SSSR count). The molecule has 1 saturated heterocycles. The van der Waals surface area contributed by atoms with Crippen molar-refractivity contribution in [2.45, 2.75) is 0 Å². The van der Waals surface area contributed by atoms with Gasteiger partial charge in [0, 0.05) is 22.3 Å². The normalized spacial score (nSPS) is 17.1. The lowest BCUT2D eigenvalue weighted by molar-refractivity contribution is 0.122. The van der Waals surface area contributed by atoms with Crippen molar-refractivity contribution in [3.63, 3.8) is 0 Å². The average molecular weight is 324 g/mol. The first-order valence-electron chi connectivity index (χ1n) is 4.55. The smallest absolute Gasteiger partial charge is 0.0642 e. The lowest BCUT2D eigenvalue weighted by Crippen LogP contribution is -2.36. The molecule has 0 bridgehead atoms. The highest BCUT2D eigenvalue weighted by Crippen LogP contribution is 2.24. The highest BCUT2D eigenvalue weighted by molar-refractivity contribution is 14.1. The molecule has 0 N–H and O–H groups in total. The highest BCUT2D eigenvalue weighted by Gasteiger charge is 2.11. The van der Waals surface area contributed by atoms with E-state index in [9.17, 15) is 0 Å². The lowest BCUT2D eigenvalue weighted by Gasteiger charge is -2.29. The molecule has 0 aliphatic carbocycles. The van der Waals surface area contributed by atoms with Gasteiger partial charge in [0.15, 0.2) is 0 Å². The number of rotatable bonds is 1. The van der Waals surface area contributed by atoms with E-state index in [2.05, 4.69) is 39.6 Å². The fraction of sp³-hybridized carbons (Fsp3) is 0.400. The summed E-state index contributed by atoms with van der Waals surface area (Å²) in [4.78, 5) is 2.32. The molecule has 1 aliphatic heterocycles. The molecule has 1 fully saturated rings. The predicted molar refractivity (Wildman–Crippen MR) is 67.2 cm³/mol. The van der Waals surface area contributed by atoms with Gasteiger partial charge in [-0.2, -0.15) is 0 Å². The van der Waals surface area contributed by atoms with Crippen LogP contribution >= 0.6 is 34.2 Å². The third kappa shape index (κ3) is 2.32. The Labute approximate surface area is 102 Å². The van der Waals surface area contributed by atoms with Crippen molar-refractivity contribution in [3.05, 3.63) is 26.8 Å². The Morgan fingerprint density at radius 3 is 2.64 bits per heavy atom. The van der Waals surface area contributed by atoms with Crippen molar-refractivity contribution in [1.29, 1.82) is 0 Å². The lowest BCUT2D eigenvalue weighted by atomic mass is 10.2. The van der Waals surface area contributed by atoms with E-state index in [4.69, 9.17) is 16.3 Å². The number of ether oxygens (including phenoxy) is 1. The van der Waals surface area contributed by atoms with Crippen LogP contribution in [0, 0.1) is 3.57 Å². The van der Waals surface area contributed by atoms with Crippen LogP contribution in [0.3, 0.4) is 0 Å². The Bertz CT molecular complexity index is 326. The van der Waals surface area contributed by atoms with Gasteiger partial charge >= 0.3 is 0 Å². The van der Waals surface area contributed by atoms with Gasteiger partial charge in [-0.1, -0.05) is 11.6 Å². The highest BCUT2D eigenvalue weighted by atomic mass is 127. The van der Waals surface area contributed by atoms with E-state index in [1.807, 2.05) is 6.07 Å². The second-order valence-electron chi connectivity index (χ2n) is 3.20. The molecule has 4 heteroatoms. The Hall–Kier alpha value is -0.000000000000000111. The van der Waals surface area contributed by atoms with Crippen LogP contribution in [0.4, 0.5) is 5.69 Å². The molecule has 0 radical (unpaired) electrons. The van der Waals surface area contributed by atoms with E-state index in [1.54, 1.807) is 0 Å². The van der Waals surface area contributed by atoms with Crippen LogP contribution in [0.25, 0.3) is 0 Å². The number of hydrogen-bond acceptors (Lipinski definition) is 2. The van der Waals surface area contributed by atoms with Gasteiger partial charge in [0.1, 0.15) is 0 Å². The number of morpholine rings is 1. The van der Waals surface area contributed by atoms with Crippen LogP contribution in [0.1, 0.15) is 0 Å². The summed E-state index contributed by atoms with van der Waals surface area (Å²) in [6.07, 6.45) is 0. The first-order chi connectivity index (χ1) is 6.77. The SMILES string of the molecule is Clc1ccc(N2CCOCC2)cc1I. The van der Waals surface area contributed by atoms with E-state index in [0.29, 0.717) is 0 Å². The standard InChI is InChI=1S/C10H11ClINO/c11-9-2-1-8(7-10(9)12)13-3-5-14-6-4-13/h1-2,7H,3-6H2. The van der Waals surface area contributed by atoms with Gasteiger partial charge < -0.3 is 9.64 Å². The molecule has 0 spiro atoms. The van der Waals surface area contributed by atoms with Crippen LogP contribution in [-0.2, 0) is 4.74 Å². The van der Waals surface area contributed by atoms with Crippen molar-refractivity contribution in [3.8, 4) is 0 Å². The van der Waals surface area contributed by atoms with Crippen molar-refractivity contribution >= 4 is 39.9 Å². The van der Waals surface area contributed by atoms with Crippen LogP contribution in [0.2, 0.25) is 5.02 Å². The van der Waals surface area contributed by atoms with Crippen LogP contribution < -0.4 is 4.90 Å². The second-order valence-corrected chi connectivity index (χ2v) is 4.77.